The van der Waals surface area contributed by atoms with Crippen LogP contribution in [0.4, 0.5) is 5.69 Å². The number of halogens is 2. The standard InChI is InChI=1S/C14H19BrClNO/c1-9-6-12(15)14(8-13(9)16)17-10-4-3-5-11(7-10)18-2/h6,8,10-11,17H,3-5,7H2,1-2H3. The van der Waals surface area contributed by atoms with Gasteiger partial charge in [-0.1, -0.05) is 11.6 Å². The number of aryl methyl sites for hydroxylation is 1. The predicted octanol–water partition coefficient (Wildman–Crippen LogP) is 4.78. The van der Waals surface area contributed by atoms with Crippen LogP contribution in [0, 0.1) is 6.92 Å². The third-order valence-electron chi connectivity index (χ3n) is 3.57. The Bertz CT molecular complexity index is 425. The molecule has 1 aliphatic carbocycles. The summed E-state index contributed by atoms with van der Waals surface area (Å²) in [6.45, 7) is 2.01. The van der Waals surface area contributed by atoms with Crippen LogP contribution < -0.4 is 5.32 Å². The van der Waals surface area contributed by atoms with Gasteiger partial charge in [0, 0.05) is 22.6 Å². The third kappa shape index (κ3) is 3.40. The molecule has 100 valence electrons. The van der Waals surface area contributed by atoms with Crippen molar-refractivity contribution in [3.8, 4) is 0 Å². The zero-order valence-corrected chi connectivity index (χ0v) is 13.1. The van der Waals surface area contributed by atoms with Crippen molar-refractivity contribution in [1.82, 2.24) is 0 Å². The number of hydrogen-bond acceptors (Lipinski definition) is 2. The highest BCUT2D eigenvalue weighted by Gasteiger charge is 2.22. The number of ether oxygens (including phenoxy) is 1. The second-order valence-corrected chi connectivity index (χ2v) is 6.21. The summed E-state index contributed by atoms with van der Waals surface area (Å²) < 4.78 is 6.53. The summed E-state index contributed by atoms with van der Waals surface area (Å²) in [4.78, 5) is 0. The number of anilines is 1. The van der Waals surface area contributed by atoms with E-state index in [1.807, 2.05) is 13.0 Å². The topological polar surface area (TPSA) is 21.3 Å². The van der Waals surface area contributed by atoms with Crippen LogP contribution in [0.25, 0.3) is 0 Å². The van der Waals surface area contributed by atoms with Gasteiger partial charge >= 0.3 is 0 Å². The highest BCUT2D eigenvalue weighted by molar-refractivity contribution is 9.10. The Labute approximate surface area is 122 Å². The minimum atomic E-state index is 0.385. The lowest BCUT2D eigenvalue weighted by molar-refractivity contribution is 0.0669. The molecule has 0 amide bonds. The molecule has 0 saturated heterocycles. The molecule has 1 saturated carbocycles. The molecule has 0 radical (unpaired) electrons. The van der Waals surface area contributed by atoms with Crippen LogP contribution in [0.15, 0.2) is 16.6 Å². The zero-order valence-electron chi connectivity index (χ0n) is 10.8. The molecule has 2 atom stereocenters. The van der Waals surface area contributed by atoms with Crippen molar-refractivity contribution in [1.29, 1.82) is 0 Å². The third-order valence-corrected chi connectivity index (χ3v) is 4.63. The van der Waals surface area contributed by atoms with Gasteiger partial charge in [-0.2, -0.15) is 0 Å². The van der Waals surface area contributed by atoms with E-state index >= 15 is 0 Å². The summed E-state index contributed by atoms with van der Waals surface area (Å²) in [5.74, 6) is 0. The predicted molar refractivity (Wildman–Crippen MR) is 80.6 cm³/mol. The van der Waals surface area contributed by atoms with Gasteiger partial charge < -0.3 is 10.1 Å². The molecule has 0 aromatic heterocycles. The van der Waals surface area contributed by atoms with E-state index in [1.54, 1.807) is 7.11 Å². The maximum absolute atomic E-state index is 6.17. The molecule has 2 unspecified atom stereocenters. The molecule has 18 heavy (non-hydrogen) atoms. The quantitative estimate of drug-likeness (QED) is 0.860. The van der Waals surface area contributed by atoms with E-state index in [2.05, 4.69) is 27.3 Å². The lowest BCUT2D eigenvalue weighted by atomic mass is 9.92. The highest BCUT2D eigenvalue weighted by atomic mass is 79.9. The highest BCUT2D eigenvalue weighted by Crippen LogP contribution is 2.32. The summed E-state index contributed by atoms with van der Waals surface area (Å²) in [5.41, 5.74) is 2.17. The summed E-state index contributed by atoms with van der Waals surface area (Å²) in [6, 6.07) is 4.53. The Hall–Kier alpha value is -0.250. The molecule has 1 fully saturated rings. The number of rotatable bonds is 3. The molecule has 4 heteroatoms. The summed E-state index contributed by atoms with van der Waals surface area (Å²) in [7, 11) is 1.80. The van der Waals surface area contributed by atoms with Gasteiger partial charge in [-0.15, -0.1) is 0 Å². The van der Waals surface area contributed by atoms with E-state index < -0.39 is 0 Å². The monoisotopic (exact) mass is 331 g/mol. The molecule has 0 bridgehead atoms. The van der Waals surface area contributed by atoms with E-state index in [0.29, 0.717) is 12.1 Å². The average molecular weight is 333 g/mol. The van der Waals surface area contributed by atoms with Crippen LogP contribution in [-0.2, 0) is 4.74 Å². The molecule has 1 aliphatic rings. The SMILES string of the molecule is COC1CCCC(Nc2cc(Cl)c(C)cc2Br)C1. The van der Waals surface area contributed by atoms with Crippen molar-refractivity contribution < 1.29 is 4.74 Å². The van der Waals surface area contributed by atoms with Gasteiger partial charge in [0.2, 0.25) is 0 Å². The molecule has 0 aliphatic heterocycles. The summed E-state index contributed by atoms with van der Waals surface area (Å²) >= 11 is 9.76. The van der Waals surface area contributed by atoms with Crippen LogP contribution in [0.2, 0.25) is 5.02 Å². The molecule has 2 rings (SSSR count). The van der Waals surface area contributed by atoms with Crippen LogP contribution in [0.3, 0.4) is 0 Å². The van der Waals surface area contributed by atoms with Crippen LogP contribution in [-0.4, -0.2) is 19.3 Å². The smallest absolute Gasteiger partial charge is 0.0590 e. The average Bonchev–Trinajstić information content (AvgIpc) is 2.36. The lowest BCUT2D eigenvalue weighted by Gasteiger charge is -2.30. The van der Waals surface area contributed by atoms with Crippen molar-refractivity contribution in [3.63, 3.8) is 0 Å². The van der Waals surface area contributed by atoms with Crippen molar-refractivity contribution >= 4 is 33.2 Å². The molecule has 1 N–H and O–H groups in total. The largest absolute Gasteiger partial charge is 0.381 e. The number of nitrogens with one attached hydrogen (secondary N) is 1. The van der Waals surface area contributed by atoms with E-state index in [9.17, 15) is 0 Å². The fourth-order valence-electron chi connectivity index (χ4n) is 2.47. The fourth-order valence-corrected chi connectivity index (χ4v) is 3.20. The van der Waals surface area contributed by atoms with Gasteiger partial charge in [-0.25, -0.2) is 0 Å². The molecule has 0 spiro atoms. The number of methoxy groups -OCH3 is 1. The number of hydrogen-bond donors (Lipinski definition) is 1. The van der Waals surface area contributed by atoms with Gasteiger partial charge in [0.25, 0.3) is 0 Å². The van der Waals surface area contributed by atoms with Crippen LogP contribution in [0.5, 0.6) is 0 Å². The Balaban J connectivity index is 2.07. The second-order valence-electron chi connectivity index (χ2n) is 4.95. The van der Waals surface area contributed by atoms with Crippen LogP contribution in [0.1, 0.15) is 31.2 Å². The van der Waals surface area contributed by atoms with Crippen molar-refractivity contribution in [2.24, 2.45) is 0 Å². The molecule has 1 aromatic carbocycles. The Morgan fingerprint density at radius 1 is 1.39 bits per heavy atom. The van der Waals surface area contributed by atoms with Gasteiger partial charge in [-0.3, -0.25) is 0 Å². The molecule has 2 nitrogen and oxygen atoms in total. The van der Waals surface area contributed by atoms with E-state index in [1.165, 1.54) is 19.3 Å². The maximum atomic E-state index is 6.17. The van der Waals surface area contributed by atoms with Crippen molar-refractivity contribution in [2.75, 3.05) is 12.4 Å². The Morgan fingerprint density at radius 2 is 2.17 bits per heavy atom. The number of benzene rings is 1. The minimum Gasteiger partial charge on any atom is -0.381 e. The summed E-state index contributed by atoms with van der Waals surface area (Å²) in [6.07, 6.45) is 5.03. The first-order valence-electron chi connectivity index (χ1n) is 6.35. The lowest BCUT2D eigenvalue weighted by Crippen LogP contribution is -2.31. The molecule has 0 heterocycles. The van der Waals surface area contributed by atoms with Gasteiger partial charge in [0.05, 0.1) is 11.8 Å². The summed E-state index contributed by atoms with van der Waals surface area (Å²) in [5, 5.41) is 4.38. The first-order chi connectivity index (χ1) is 8.60. The minimum absolute atomic E-state index is 0.385. The second kappa shape index (κ2) is 6.27. The Morgan fingerprint density at radius 3 is 2.89 bits per heavy atom. The Kier molecular flexibility index (Phi) is 4.93. The van der Waals surface area contributed by atoms with Gasteiger partial charge in [-0.05, 0) is 66.2 Å². The first kappa shape index (κ1) is 14.2. The van der Waals surface area contributed by atoms with E-state index in [0.717, 1.165) is 27.2 Å². The van der Waals surface area contributed by atoms with Gasteiger partial charge in [0.1, 0.15) is 0 Å². The maximum Gasteiger partial charge on any atom is 0.0590 e. The molecule has 1 aromatic rings. The van der Waals surface area contributed by atoms with Crippen LogP contribution >= 0.6 is 27.5 Å². The van der Waals surface area contributed by atoms with Gasteiger partial charge in [0.15, 0.2) is 0 Å². The first-order valence-corrected chi connectivity index (χ1v) is 7.52. The molecular formula is C14H19BrClNO. The zero-order chi connectivity index (χ0) is 13.1. The van der Waals surface area contributed by atoms with E-state index in [-0.39, 0.29) is 0 Å². The molecular weight excluding hydrogens is 314 g/mol. The van der Waals surface area contributed by atoms with Crippen molar-refractivity contribution in [2.45, 2.75) is 44.8 Å². The fraction of sp³-hybridized carbons (Fsp3) is 0.571. The van der Waals surface area contributed by atoms with E-state index in [4.69, 9.17) is 16.3 Å². The normalized spacial score (nSPS) is 24.0. The van der Waals surface area contributed by atoms with Crippen molar-refractivity contribution in [3.05, 3.63) is 27.2 Å².